The van der Waals surface area contributed by atoms with E-state index in [-0.39, 0.29) is 63.8 Å². The Morgan fingerprint density at radius 1 is 0.882 bits per heavy atom. The number of rotatable bonds is 4. The van der Waals surface area contributed by atoms with Gasteiger partial charge in [0.15, 0.2) is 5.78 Å². The first-order chi connectivity index (χ1) is 16.3. The fraction of sp³-hybridized carbons (Fsp3) is 0.370. The molecule has 0 N–H and O–H groups in total. The van der Waals surface area contributed by atoms with Gasteiger partial charge in [-0.25, -0.2) is 13.7 Å². The number of ketones is 1. The van der Waals surface area contributed by atoms with Gasteiger partial charge in [0.25, 0.3) is 0 Å². The lowest BCUT2D eigenvalue weighted by Gasteiger charge is -2.37. The molecule has 6 aliphatic rings. The van der Waals surface area contributed by atoms with Crippen molar-refractivity contribution in [2.24, 2.45) is 41.4 Å². The predicted molar refractivity (Wildman–Crippen MR) is 120 cm³/mol. The lowest BCUT2D eigenvalue weighted by Crippen LogP contribution is -2.40. The third kappa shape index (κ3) is 2.72. The highest BCUT2D eigenvalue weighted by atomic mass is 35.5. The van der Waals surface area contributed by atoms with Gasteiger partial charge in [0.2, 0.25) is 11.8 Å². The number of allylic oxidation sites excluding steroid dienone is 2. The first-order valence-corrected chi connectivity index (χ1v) is 12.1. The summed E-state index contributed by atoms with van der Waals surface area (Å²) in [5, 5.41) is -0.111. The van der Waals surface area contributed by atoms with Gasteiger partial charge in [0.05, 0.1) is 22.5 Å². The number of hydrogen-bond donors (Lipinski definition) is 0. The second-order valence-corrected chi connectivity index (χ2v) is 10.7. The second-order valence-electron chi connectivity index (χ2n) is 10.3. The van der Waals surface area contributed by atoms with E-state index >= 15 is 4.39 Å². The van der Waals surface area contributed by atoms with Crippen molar-refractivity contribution >= 4 is 34.9 Å². The number of carbonyl (C=O) groups is 3. The Balaban J connectivity index is 1.13. The van der Waals surface area contributed by atoms with E-state index in [1.54, 1.807) is 6.07 Å². The van der Waals surface area contributed by atoms with Gasteiger partial charge < -0.3 is 0 Å². The molecule has 7 heteroatoms. The molecule has 0 radical (unpaired) electrons. The first kappa shape index (κ1) is 20.5. The third-order valence-electron chi connectivity index (χ3n) is 8.63. The van der Waals surface area contributed by atoms with E-state index in [1.807, 2.05) is 0 Å². The van der Waals surface area contributed by atoms with Crippen LogP contribution < -0.4 is 4.90 Å². The van der Waals surface area contributed by atoms with Gasteiger partial charge in [-0.15, -0.1) is 0 Å². The van der Waals surface area contributed by atoms with Crippen molar-refractivity contribution in [1.82, 2.24) is 0 Å². The number of carbonyl (C=O) groups excluding carboxylic acids is 3. The molecule has 0 aromatic heterocycles. The highest BCUT2D eigenvalue weighted by Crippen LogP contribution is 2.65. The normalized spacial score (nSPS) is 36.5. The van der Waals surface area contributed by atoms with Crippen LogP contribution >= 0.6 is 11.6 Å². The average molecular weight is 480 g/mol. The maximum absolute atomic E-state index is 15.3. The quantitative estimate of drug-likeness (QED) is 0.346. The summed E-state index contributed by atoms with van der Waals surface area (Å²) in [4.78, 5) is 40.3. The van der Waals surface area contributed by atoms with Crippen molar-refractivity contribution in [3.63, 3.8) is 0 Å². The van der Waals surface area contributed by atoms with Gasteiger partial charge in [-0.05, 0) is 78.3 Å². The lowest BCUT2D eigenvalue weighted by molar-refractivity contribution is -0.124. The standard InChI is InChI=1S/C27H20ClF2NO3/c28-19-7-12(1-5-20(19)29)25(32)18-9-15(18)11-2-6-22(21(30)8-11)31-26(33)23-13-3-4-14(17-10-16(13)17)24(23)27(31)34/h1-8,13-18,23-24H,9-10H2/t13-,14+,15?,16+,17-,18?,23-,24+. The van der Waals surface area contributed by atoms with E-state index in [4.69, 9.17) is 11.6 Å². The minimum absolute atomic E-state index is 0.00457. The van der Waals surface area contributed by atoms with E-state index in [2.05, 4.69) is 12.2 Å². The minimum atomic E-state index is -0.633. The fourth-order valence-corrected chi connectivity index (χ4v) is 7.03. The van der Waals surface area contributed by atoms with Gasteiger partial charge >= 0.3 is 0 Å². The lowest BCUT2D eigenvalue weighted by atomic mass is 9.63. The molecule has 4 nitrogen and oxygen atoms in total. The van der Waals surface area contributed by atoms with Crippen LogP contribution in [0.3, 0.4) is 0 Å². The van der Waals surface area contributed by atoms with Crippen LogP contribution in [0, 0.1) is 53.1 Å². The summed E-state index contributed by atoms with van der Waals surface area (Å²) >= 11 is 5.80. The largest absolute Gasteiger partial charge is 0.294 e. The highest BCUT2D eigenvalue weighted by molar-refractivity contribution is 6.31. The highest BCUT2D eigenvalue weighted by Gasteiger charge is 2.67. The molecule has 2 unspecified atom stereocenters. The number of nitrogens with zero attached hydrogens (tertiary/aromatic N) is 1. The Kier molecular flexibility index (Phi) is 4.13. The van der Waals surface area contributed by atoms with Crippen LogP contribution in [-0.4, -0.2) is 17.6 Å². The average Bonchev–Trinajstić information content (AvgIpc) is 3.74. The Bertz CT molecular complexity index is 1300. The van der Waals surface area contributed by atoms with Crippen LogP contribution in [-0.2, 0) is 9.59 Å². The molecule has 3 saturated carbocycles. The minimum Gasteiger partial charge on any atom is -0.294 e. The van der Waals surface area contributed by atoms with E-state index < -0.39 is 11.6 Å². The number of anilines is 1. The van der Waals surface area contributed by atoms with Gasteiger partial charge in [-0.3, -0.25) is 14.4 Å². The Morgan fingerprint density at radius 2 is 1.56 bits per heavy atom. The first-order valence-electron chi connectivity index (χ1n) is 11.7. The zero-order chi connectivity index (χ0) is 23.5. The zero-order valence-corrected chi connectivity index (χ0v) is 18.7. The van der Waals surface area contributed by atoms with Gasteiger partial charge in [-0.2, -0.15) is 0 Å². The van der Waals surface area contributed by atoms with Crippen molar-refractivity contribution in [3.8, 4) is 0 Å². The fourth-order valence-electron chi connectivity index (χ4n) is 6.85. The van der Waals surface area contributed by atoms with Crippen molar-refractivity contribution in [1.29, 1.82) is 0 Å². The van der Waals surface area contributed by atoms with Gasteiger partial charge in [-0.1, -0.05) is 29.8 Å². The second kappa shape index (κ2) is 6.85. The maximum atomic E-state index is 15.3. The van der Waals surface area contributed by atoms with Crippen LogP contribution in [0.2, 0.25) is 5.02 Å². The molecule has 4 fully saturated rings. The zero-order valence-electron chi connectivity index (χ0n) is 18.0. The maximum Gasteiger partial charge on any atom is 0.238 e. The van der Waals surface area contributed by atoms with E-state index in [9.17, 15) is 18.8 Å². The summed E-state index contributed by atoms with van der Waals surface area (Å²) in [6, 6.07) is 8.39. The van der Waals surface area contributed by atoms with Crippen LogP contribution in [0.25, 0.3) is 0 Å². The Hall–Kier alpha value is -2.86. The van der Waals surface area contributed by atoms with Crippen molar-refractivity contribution < 1.29 is 23.2 Å². The molecule has 1 saturated heterocycles. The van der Waals surface area contributed by atoms with Gasteiger partial charge in [0, 0.05) is 11.5 Å². The molecule has 1 heterocycles. The number of hydrogen-bond acceptors (Lipinski definition) is 3. The summed E-state index contributed by atoms with van der Waals surface area (Å²) in [5.74, 6) is -2.08. The summed E-state index contributed by atoms with van der Waals surface area (Å²) in [6.45, 7) is 0. The molecule has 5 aliphatic carbocycles. The van der Waals surface area contributed by atoms with Crippen molar-refractivity contribution in [2.75, 3.05) is 4.90 Å². The number of imide groups is 1. The Labute approximate surface area is 199 Å². The number of halogens is 3. The SMILES string of the molecule is O=C(c1ccc(F)c(Cl)c1)C1CC1c1ccc(N2C(=O)[C@@H]3[C@@H]4C=C[C@@H]([C@H]5C[C@@H]45)[C@@H]3C2=O)c(F)c1. The molecular formula is C27H20ClF2NO3. The molecule has 2 amide bonds. The smallest absolute Gasteiger partial charge is 0.238 e. The van der Waals surface area contributed by atoms with Crippen LogP contribution in [0.15, 0.2) is 48.6 Å². The van der Waals surface area contributed by atoms with Crippen molar-refractivity contribution in [3.05, 3.63) is 76.3 Å². The molecule has 8 atom stereocenters. The number of Topliss-reactive ketones (excluding diaryl/α,β-unsaturated/α-hetero) is 1. The van der Waals surface area contributed by atoms with E-state index in [0.717, 1.165) is 17.4 Å². The molecule has 2 aromatic rings. The molecule has 2 aromatic carbocycles. The topological polar surface area (TPSA) is 54.5 Å². The van der Waals surface area contributed by atoms with Crippen molar-refractivity contribution in [2.45, 2.75) is 18.8 Å². The molecule has 172 valence electrons. The molecule has 0 spiro atoms. The van der Waals surface area contributed by atoms with Crippen LogP contribution in [0.1, 0.15) is 34.7 Å². The van der Waals surface area contributed by atoms with Gasteiger partial charge in [0.1, 0.15) is 11.6 Å². The van der Waals surface area contributed by atoms with E-state index in [0.29, 0.717) is 29.4 Å². The molecule has 34 heavy (non-hydrogen) atoms. The number of amides is 2. The van der Waals surface area contributed by atoms with E-state index in [1.165, 1.54) is 24.3 Å². The monoisotopic (exact) mass is 479 g/mol. The van der Waals surface area contributed by atoms with Crippen LogP contribution in [0.4, 0.5) is 14.5 Å². The molecule has 2 bridgehead atoms. The summed E-state index contributed by atoms with van der Waals surface area (Å²) < 4.78 is 28.7. The summed E-state index contributed by atoms with van der Waals surface area (Å²) in [7, 11) is 0. The summed E-state index contributed by atoms with van der Waals surface area (Å²) in [6.07, 6.45) is 5.81. The van der Waals surface area contributed by atoms with Crippen LogP contribution in [0.5, 0.6) is 0 Å². The molecule has 1 aliphatic heterocycles. The summed E-state index contributed by atoms with van der Waals surface area (Å²) in [5.41, 5.74) is 0.968. The predicted octanol–water partition coefficient (Wildman–Crippen LogP) is 5.16. The third-order valence-corrected chi connectivity index (χ3v) is 8.92. The Morgan fingerprint density at radius 3 is 2.18 bits per heavy atom. The number of benzene rings is 2. The molecule has 8 rings (SSSR count). The molecular weight excluding hydrogens is 460 g/mol.